The van der Waals surface area contributed by atoms with Crippen molar-refractivity contribution in [2.75, 3.05) is 37.7 Å². The molecule has 1 aromatic rings. The van der Waals surface area contributed by atoms with Crippen molar-refractivity contribution in [1.82, 2.24) is 10.2 Å². The van der Waals surface area contributed by atoms with Crippen molar-refractivity contribution in [1.29, 1.82) is 0 Å². The molecule has 2 fully saturated rings. The van der Waals surface area contributed by atoms with E-state index in [1.807, 2.05) is 18.2 Å². The summed E-state index contributed by atoms with van der Waals surface area (Å²) in [5.74, 6) is 0.748. The van der Waals surface area contributed by atoms with Crippen LogP contribution in [0, 0.1) is 0 Å². The summed E-state index contributed by atoms with van der Waals surface area (Å²) in [4.78, 5) is 2.38. The Hall–Kier alpha value is -0.820. The van der Waals surface area contributed by atoms with Gasteiger partial charge in [-0.3, -0.25) is 4.90 Å². The predicted octanol–water partition coefficient (Wildman–Crippen LogP) is 0.921. The van der Waals surface area contributed by atoms with E-state index < -0.39 is 9.84 Å². The third kappa shape index (κ3) is 3.88. The maximum absolute atomic E-state index is 11.1. The Morgan fingerprint density at radius 1 is 1.29 bits per heavy atom. The van der Waals surface area contributed by atoms with Crippen molar-refractivity contribution in [2.24, 2.45) is 0 Å². The number of halogens is 1. The molecule has 2 saturated heterocycles. The largest absolute Gasteiger partial charge is 0.487 e. The average molecular weight is 331 g/mol. The molecular weight excluding hydrogens is 312 g/mol. The molecule has 2 heterocycles. The van der Waals surface area contributed by atoms with Crippen LogP contribution in [0.3, 0.4) is 0 Å². The van der Waals surface area contributed by atoms with Gasteiger partial charge in [-0.2, -0.15) is 0 Å². The first-order chi connectivity index (χ1) is 10.0. The van der Waals surface area contributed by atoms with E-state index in [0.717, 1.165) is 38.3 Å². The Morgan fingerprint density at radius 3 is 2.62 bits per heavy atom. The summed E-state index contributed by atoms with van der Waals surface area (Å²) >= 11 is 6.24. The Kier molecular flexibility index (Phi) is 4.40. The third-order valence-electron chi connectivity index (χ3n) is 3.79. The molecule has 0 saturated carbocycles. The minimum Gasteiger partial charge on any atom is -0.487 e. The fraction of sp³-hybridized carbons (Fsp3) is 0.571. The number of benzene rings is 1. The molecule has 0 bridgehead atoms. The zero-order valence-electron chi connectivity index (χ0n) is 11.7. The fourth-order valence-electron chi connectivity index (χ4n) is 2.63. The standard InChI is InChI=1S/C14H19ClN2O3S/c15-13-7-11(8-17-5-3-16-4-6-17)1-2-14(13)20-12-9-21(18,19)10-12/h1-2,7,12,16H,3-6,8-10H2. The Labute approximate surface area is 130 Å². The smallest absolute Gasteiger partial charge is 0.157 e. The van der Waals surface area contributed by atoms with Gasteiger partial charge in [0.1, 0.15) is 11.9 Å². The van der Waals surface area contributed by atoms with Crippen molar-refractivity contribution < 1.29 is 13.2 Å². The van der Waals surface area contributed by atoms with Gasteiger partial charge in [0, 0.05) is 32.7 Å². The monoisotopic (exact) mass is 330 g/mol. The number of rotatable bonds is 4. The molecule has 3 rings (SSSR count). The van der Waals surface area contributed by atoms with Crippen LogP contribution in [-0.4, -0.2) is 57.1 Å². The van der Waals surface area contributed by atoms with Gasteiger partial charge in [0.2, 0.25) is 0 Å². The molecule has 1 N–H and O–H groups in total. The van der Waals surface area contributed by atoms with Crippen LogP contribution in [0.25, 0.3) is 0 Å². The Morgan fingerprint density at radius 2 is 2.00 bits per heavy atom. The number of hydrogen-bond donors (Lipinski definition) is 1. The van der Waals surface area contributed by atoms with Crippen LogP contribution in [0.5, 0.6) is 5.75 Å². The summed E-state index contributed by atoms with van der Waals surface area (Å²) < 4.78 is 27.9. The molecule has 116 valence electrons. The van der Waals surface area contributed by atoms with Crippen molar-refractivity contribution in [3.05, 3.63) is 28.8 Å². The van der Waals surface area contributed by atoms with Crippen molar-refractivity contribution in [3.8, 4) is 5.75 Å². The van der Waals surface area contributed by atoms with E-state index in [1.165, 1.54) is 0 Å². The van der Waals surface area contributed by atoms with Gasteiger partial charge in [0.15, 0.2) is 9.84 Å². The van der Waals surface area contributed by atoms with Gasteiger partial charge in [0.25, 0.3) is 0 Å². The van der Waals surface area contributed by atoms with Gasteiger partial charge in [-0.05, 0) is 17.7 Å². The van der Waals surface area contributed by atoms with E-state index in [9.17, 15) is 8.42 Å². The lowest BCUT2D eigenvalue weighted by atomic mass is 10.2. The number of nitrogens with one attached hydrogen (secondary N) is 1. The molecule has 7 heteroatoms. The van der Waals surface area contributed by atoms with E-state index in [1.54, 1.807) is 0 Å². The van der Waals surface area contributed by atoms with Crippen LogP contribution in [0.4, 0.5) is 0 Å². The molecule has 1 aromatic carbocycles. The van der Waals surface area contributed by atoms with Crippen LogP contribution in [0.15, 0.2) is 18.2 Å². The Balaban J connectivity index is 1.60. The SMILES string of the molecule is O=S1(=O)CC(Oc2ccc(CN3CCNCC3)cc2Cl)C1. The molecule has 0 spiro atoms. The highest BCUT2D eigenvalue weighted by molar-refractivity contribution is 7.92. The molecule has 0 atom stereocenters. The van der Waals surface area contributed by atoms with E-state index in [-0.39, 0.29) is 17.6 Å². The zero-order chi connectivity index (χ0) is 14.9. The van der Waals surface area contributed by atoms with Crippen LogP contribution in [0.2, 0.25) is 5.02 Å². The summed E-state index contributed by atoms with van der Waals surface area (Å²) in [5, 5.41) is 3.87. The zero-order valence-corrected chi connectivity index (χ0v) is 13.3. The molecule has 21 heavy (non-hydrogen) atoms. The second kappa shape index (κ2) is 6.12. The molecule has 2 aliphatic heterocycles. The highest BCUT2D eigenvalue weighted by Gasteiger charge is 2.35. The normalized spacial score (nSPS) is 22.7. The minimum atomic E-state index is -2.87. The van der Waals surface area contributed by atoms with Crippen LogP contribution in [0.1, 0.15) is 5.56 Å². The lowest BCUT2D eigenvalue weighted by Crippen LogP contribution is -2.45. The maximum atomic E-state index is 11.1. The number of hydrogen-bond acceptors (Lipinski definition) is 5. The summed E-state index contributed by atoms with van der Waals surface area (Å²) in [6.45, 7) is 4.99. The minimum absolute atomic E-state index is 0.0891. The lowest BCUT2D eigenvalue weighted by molar-refractivity contribution is 0.228. The van der Waals surface area contributed by atoms with E-state index in [0.29, 0.717) is 10.8 Å². The van der Waals surface area contributed by atoms with Gasteiger partial charge in [-0.15, -0.1) is 0 Å². The number of ether oxygens (including phenoxy) is 1. The number of sulfone groups is 1. The first kappa shape index (κ1) is 15.1. The maximum Gasteiger partial charge on any atom is 0.157 e. The first-order valence-electron chi connectivity index (χ1n) is 7.10. The highest BCUT2D eigenvalue weighted by atomic mass is 35.5. The molecule has 0 aromatic heterocycles. The molecule has 5 nitrogen and oxygen atoms in total. The molecule has 0 amide bonds. The highest BCUT2D eigenvalue weighted by Crippen LogP contribution is 2.29. The van der Waals surface area contributed by atoms with Crippen LogP contribution < -0.4 is 10.1 Å². The average Bonchev–Trinajstić information content (AvgIpc) is 2.41. The first-order valence-corrected chi connectivity index (χ1v) is 9.30. The van der Waals surface area contributed by atoms with Crippen LogP contribution >= 0.6 is 11.6 Å². The lowest BCUT2D eigenvalue weighted by Gasteiger charge is -2.28. The summed E-state index contributed by atoms with van der Waals surface area (Å²) in [6.07, 6.45) is -0.258. The van der Waals surface area contributed by atoms with E-state index >= 15 is 0 Å². The van der Waals surface area contributed by atoms with E-state index in [4.69, 9.17) is 16.3 Å². The van der Waals surface area contributed by atoms with E-state index in [2.05, 4.69) is 10.2 Å². The van der Waals surface area contributed by atoms with Gasteiger partial charge in [-0.1, -0.05) is 17.7 Å². The van der Waals surface area contributed by atoms with Gasteiger partial charge >= 0.3 is 0 Å². The number of nitrogens with zero attached hydrogens (tertiary/aromatic N) is 1. The third-order valence-corrected chi connectivity index (χ3v) is 5.84. The fourth-order valence-corrected chi connectivity index (χ4v) is 4.05. The van der Waals surface area contributed by atoms with Crippen LogP contribution in [-0.2, 0) is 16.4 Å². The summed E-state index contributed by atoms with van der Waals surface area (Å²) in [5.41, 5.74) is 1.15. The predicted molar refractivity (Wildman–Crippen MR) is 82.7 cm³/mol. The molecule has 0 aliphatic carbocycles. The topological polar surface area (TPSA) is 58.6 Å². The van der Waals surface area contributed by atoms with Crippen molar-refractivity contribution in [2.45, 2.75) is 12.6 Å². The second-order valence-electron chi connectivity index (χ2n) is 5.61. The molecule has 0 radical (unpaired) electrons. The van der Waals surface area contributed by atoms with Crippen molar-refractivity contribution >= 4 is 21.4 Å². The molecule has 0 unspecified atom stereocenters. The second-order valence-corrected chi connectivity index (χ2v) is 8.17. The Bertz CT molecular complexity index is 603. The summed E-state index contributed by atoms with van der Waals surface area (Å²) in [6, 6.07) is 5.74. The quantitative estimate of drug-likeness (QED) is 0.889. The summed E-state index contributed by atoms with van der Waals surface area (Å²) in [7, 11) is -2.87. The molecular formula is C14H19ClN2O3S. The molecule has 2 aliphatic rings. The van der Waals surface area contributed by atoms with Crippen molar-refractivity contribution in [3.63, 3.8) is 0 Å². The number of piperazine rings is 1. The van der Waals surface area contributed by atoms with Gasteiger partial charge < -0.3 is 10.1 Å². The van der Waals surface area contributed by atoms with Gasteiger partial charge in [-0.25, -0.2) is 8.42 Å². The van der Waals surface area contributed by atoms with Gasteiger partial charge in [0.05, 0.1) is 16.5 Å².